The third-order valence-electron chi connectivity index (χ3n) is 6.63. The Labute approximate surface area is 184 Å². The summed E-state index contributed by atoms with van der Waals surface area (Å²) >= 11 is 0. The van der Waals surface area contributed by atoms with E-state index >= 15 is 0 Å². The smallest absolute Gasteiger partial charge is 0.229 e. The number of carbonyl (C=O) groups excluding carboxylic acids is 1. The van der Waals surface area contributed by atoms with Crippen LogP contribution in [0.25, 0.3) is 11.3 Å². The average molecular weight is 412 g/mol. The van der Waals surface area contributed by atoms with Crippen LogP contribution in [-0.2, 0) is 24.1 Å². The highest BCUT2D eigenvalue weighted by Gasteiger charge is 2.27. The fourth-order valence-corrected chi connectivity index (χ4v) is 4.92. The number of hydrogen-bond donors (Lipinski definition) is 1. The molecule has 4 nitrogen and oxygen atoms in total. The molecule has 31 heavy (non-hydrogen) atoms. The number of hydrogen-bond acceptors (Lipinski definition) is 3. The Morgan fingerprint density at radius 3 is 2.55 bits per heavy atom. The van der Waals surface area contributed by atoms with E-state index in [1.165, 1.54) is 36.0 Å². The van der Waals surface area contributed by atoms with Gasteiger partial charge in [0.1, 0.15) is 0 Å². The van der Waals surface area contributed by atoms with E-state index in [9.17, 15) is 4.79 Å². The molecule has 2 aromatic carbocycles. The van der Waals surface area contributed by atoms with Crippen molar-refractivity contribution >= 4 is 11.7 Å². The molecule has 1 fully saturated rings. The van der Waals surface area contributed by atoms with Crippen LogP contribution < -0.4 is 5.32 Å². The summed E-state index contributed by atoms with van der Waals surface area (Å²) < 4.78 is 0. The first-order valence-corrected chi connectivity index (χ1v) is 11.5. The van der Waals surface area contributed by atoms with Gasteiger partial charge in [0.25, 0.3) is 0 Å². The summed E-state index contributed by atoms with van der Waals surface area (Å²) in [5, 5.41) is 3.13. The van der Waals surface area contributed by atoms with Gasteiger partial charge in [-0.25, -0.2) is 9.97 Å². The Balaban J connectivity index is 1.48. The lowest BCUT2D eigenvalue weighted by Gasteiger charge is -2.26. The monoisotopic (exact) mass is 411 g/mol. The molecular weight excluding hydrogens is 382 g/mol. The quantitative estimate of drug-likeness (QED) is 0.592. The Morgan fingerprint density at radius 1 is 0.968 bits per heavy atom. The minimum atomic E-state index is -0.0219. The SMILES string of the molecule is Cc1ccc(CC(=O)Nc2nc3c(nc2C2CCCCC2)-c2ccccc2CC3)cc1. The van der Waals surface area contributed by atoms with Gasteiger partial charge in [0.05, 0.1) is 23.5 Å². The van der Waals surface area contributed by atoms with Gasteiger partial charge in [0.2, 0.25) is 5.91 Å². The first-order chi connectivity index (χ1) is 15.2. The lowest BCUT2D eigenvalue weighted by molar-refractivity contribution is -0.115. The number of aryl methyl sites for hydroxylation is 3. The second-order valence-corrected chi connectivity index (χ2v) is 8.96. The summed E-state index contributed by atoms with van der Waals surface area (Å²) in [7, 11) is 0. The first kappa shape index (κ1) is 19.9. The summed E-state index contributed by atoms with van der Waals surface area (Å²) in [6.45, 7) is 2.06. The molecule has 1 saturated carbocycles. The summed E-state index contributed by atoms with van der Waals surface area (Å²) in [6, 6.07) is 16.7. The molecule has 1 heterocycles. The molecule has 0 unspecified atom stereocenters. The van der Waals surface area contributed by atoms with Crippen molar-refractivity contribution in [3.05, 3.63) is 76.6 Å². The number of fused-ring (bicyclic) bond motifs is 3. The Hall–Kier alpha value is -3.01. The molecule has 5 rings (SSSR count). The maximum atomic E-state index is 12.9. The number of anilines is 1. The Bertz CT molecular complexity index is 1100. The summed E-state index contributed by atoms with van der Waals surface area (Å²) in [6.07, 6.45) is 8.15. The molecule has 158 valence electrons. The van der Waals surface area contributed by atoms with Crippen LogP contribution in [0, 0.1) is 6.92 Å². The van der Waals surface area contributed by atoms with Gasteiger partial charge < -0.3 is 5.32 Å². The van der Waals surface area contributed by atoms with Crippen molar-refractivity contribution in [2.24, 2.45) is 0 Å². The van der Waals surface area contributed by atoms with E-state index in [-0.39, 0.29) is 5.91 Å². The van der Waals surface area contributed by atoms with E-state index in [0.717, 1.165) is 48.3 Å². The molecule has 1 N–H and O–H groups in total. The van der Waals surface area contributed by atoms with Gasteiger partial charge >= 0.3 is 0 Å². The van der Waals surface area contributed by atoms with Crippen molar-refractivity contribution in [2.45, 2.75) is 64.2 Å². The third kappa shape index (κ3) is 4.25. The van der Waals surface area contributed by atoms with Gasteiger partial charge in [-0.3, -0.25) is 4.79 Å². The largest absolute Gasteiger partial charge is 0.309 e. The topological polar surface area (TPSA) is 54.9 Å². The van der Waals surface area contributed by atoms with Crippen molar-refractivity contribution in [3.8, 4) is 11.3 Å². The van der Waals surface area contributed by atoms with Crippen LogP contribution in [0.5, 0.6) is 0 Å². The van der Waals surface area contributed by atoms with Crippen LogP contribution in [0.15, 0.2) is 48.5 Å². The minimum absolute atomic E-state index is 0.0219. The molecule has 1 amide bonds. The van der Waals surface area contributed by atoms with E-state index < -0.39 is 0 Å². The van der Waals surface area contributed by atoms with Crippen molar-refractivity contribution in [3.63, 3.8) is 0 Å². The fraction of sp³-hybridized carbons (Fsp3) is 0.370. The lowest BCUT2D eigenvalue weighted by atomic mass is 9.85. The van der Waals surface area contributed by atoms with E-state index in [4.69, 9.17) is 9.97 Å². The second kappa shape index (κ2) is 8.62. The molecule has 3 aromatic rings. The van der Waals surface area contributed by atoms with Crippen molar-refractivity contribution < 1.29 is 4.79 Å². The highest BCUT2D eigenvalue weighted by Crippen LogP contribution is 2.38. The van der Waals surface area contributed by atoms with Gasteiger partial charge in [0, 0.05) is 11.5 Å². The molecule has 0 aliphatic heterocycles. The summed E-state index contributed by atoms with van der Waals surface area (Å²) in [5.74, 6) is 1.03. The van der Waals surface area contributed by atoms with Crippen LogP contribution in [0.2, 0.25) is 0 Å². The summed E-state index contributed by atoms with van der Waals surface area (Å²) in [5.41, 5.74) is 7.75. The second-order valence-electron chi connectivity index (χ2n) is 8.96. The molecule has 0 spiro atoms. The zero-order chi connectivity index (χ0) is 21.2. The van der Waals surface area contributed by atoms with Gasteiger partial charge in [-0.1, -0.05) is 73.4 Å². The van der Waals surface area contributed by atoms with E-state index in [0.29, 0.717) is 18.2 Å². The fourth-order valence-electron chi connectivity index (χ4n) is 4.92. The number of nitrogens with one attached hydrogen (secondary N) is 1. The van der Waals surface area contributed by atoms with Gasteiger partial charge in [-0.2, -0.15) is 0 Å². The number of amides is 1. The van der Waals surface area contributed by atoms with Crippen molar-refractivity contribution in [2.75, 3.05) is 5.32 Å². The third-order valence-corrected chi connectivity index (χ3v) is 6.63. The first-order valence-electron chi connectivity index (χ1n) is 11.5. The standard InChI is InChI=1S/C27H29N3O/c1-18-11-13-19(14-12-18)17-24(31)29-27-25(21-8-3-2-4-9-21)30-26-22-10-6-5-7-20(22)15-16-23(26)28-27/h5-7,10-14,21H,2-4,8-9,15-17H2,1H3,(H,28,29,31). The zero-order valence-electron chi connectivity index (χ0n) is 18.2. The highest BCUT2D eigenvalue weighted by atomic mass is 16.1. The highest BCUT2D eigenvalue weighted by molar-refractivity contribution is 5.92. The number of carbonyl (C=O) groups is 1. The Morgan fingerprint density at radius 2 is 1.74 bits per heavy atom. The molecule has 0 radical (unpaired) electrons. The molecule has 1 aromatic heterocycles. The Kier molecular flexibility index (Phi) is 5.54. The van der Waals surface area contributed by atoms with Crippen LogP contribution in [-0.4, -0.2) is 15.9 Å². The van der Waals surface area contributed by atoms with Crippen molar-refractivity contribution in [1.29, 1.82) is 0 Å². The van der Waals surface area contributed by atoms with Crippen molar-refractivity contribution in [1.82, 2.24) is 9.97 Å². The molecule has 0 saturated heterocycles. The van der Waals surface area contributed by atoms with E-state index in [2.05, 4.69) is 36.5 Å². The van der Waals surface area contributed by atoms with Crippen LogP contribution in [0.1, 0.15) is 66.1 Å². The van der Waals surface area contributed by atoms with E-state index in [1.54, 1.807) is 0 Å². The van der Waals surface area contributed by atoms with Crippen LogP contribution in [0.3, 0.4) is 0 Å². The van der Waals surface area contributed by atoms with Crippen LogP contribution >= 0.6 is 0 Å². The van der Waals surface area contributed by atoms with E-state index in [1.807, 2.05) is 24.3 Å². The molecule has 2 aliphatic rings. The number of nitrogens with zero attached hydrogens (tertiary/aromatic N) is 2. The maximum Gasteiger partial charge on any atom is 0.229 e. The van der Waals surface area contributed by atoms with Crippen LogP contribution in [0.4, 0.5) is 5.82 Å². The summed E-state index contributed by atoms with van der Waals surface area (Å²) in [4.78, 5) is 23.1. The molecule has 4 heteroatoms. The van der Waals surface area contributed by atoms with Gasteiger partial charge in [-0.15, -0.1) is 0 Å². The number of aromatic nitrogens is 2. The molecular formula is C27H29N3O. The lowest BCUT2D eigenvalue weighted by Crippen LogP contribution is -2.21. The van der Waals surface area contributed by atoms with Gasteiger partial charge in [-0.05, 0) is 43.7 Å². The van der Waals surface area contributed by atoms with Gasteiger partial charge in [0.15, 0.2) is 5.82 Å². The maximum absolute atomic E-state index is 12.9. The predicted molar refractivity (Wildman–Crippen MR) is 124 cm³/mol. The average Bonchev–Trinajstić information content (AvgIpc) is 2.80. The molecule has 0 bridgehead atoms. The number of rotatable bonds is 4. The number of benzene rings is 2. The molecule has 2 aliphatic carbocycles. The minimum Gasteiger partial charge on any atom is -0.309 e. The normalized spacial score (nSPS) is 15.8. The predicted octanol–water partition coefficient (Wildman–Crippen LogP) is 5.78. The zero-order valence-corrected chi connectivity index (χ0v) is 18.2. The molecule has 0 atom stereocenters.